The van der Waals surface area contributed by atoms with Gasteiger partial charge < -0.3 is 5.11 Å². The number of aliphatic hydroxyl groups is 1. The lowest BCUT2D eigenvalue weighted by molar-refractivity contribution is 0.0575. The fourth-order valence-electron chi connectivity index (χ4n) is 2.18. The first-order chi connectivity index (χ1) is 8.88. The van der Waals surface area contributed by atoms with Gasteiger partial charge in [-0.25, -0.2) is 0 Å². The lowest BCUT2D eigenvalue weighted by Crippen LogP contribution is -2.24. The molecular weight excluding hydrogens is 347 g/mol. The highest BCUT2D eigenvalue weighted by Gasteiger charge is 2.23. The van der Waals surface area contributed by atoms with Gasteiger partial charge in [-0.05, 0) is 77.7 Å². The molecule has 0 aliphatic rings. The van der Waals surface area contributed by atoms with Crippen LogP contribution in [0.1, 0.15) is 29.2 Å². The molecule has 0 aromatic heterocycles. The Bertz CT molecular complexity index is 570. The summed E-state index contributed by atoms with van der Waals surface area (Å²) in [5.74, 6) is 0. The average Bonchev–Trinajstić information content (AvgIpc) is 2.35. The van der Waals surface area contributed by atoms with Crippen LogP contribution in [0.15, 0.2) is 42.5 Å². The molecule has 0 radical (unpaired) electrons. The first-order valence-electron chi connectivity index (χ1n) is 6.43. The monoisotopic (exact) mass is 366 g/mol. The second-order valence-electron chi connectivity index (χ2n) is 5.38. The third kappa shape index (κ3) is 3.57. The summed E-state index contributed by atoms with van der Waals surface area (Å²) in [4.78, 5) is 0. The quantitative estimate of drug-likeness (QED) is 0.801. The van der Waals surface area contributed by atoms with Gasteiger partial charge in [0.15, 0.2) is 0 Å². The summed E-state index contributed by atoms with van der Waals surface area (Å²) in [6, 6.07) is 14.5. The topological polar surface area (TPSA) is 20.2 Å². The summed E-state index contributed by atoms with van der Waals surface area (Å²) in [7, 11) is 0. The SMILES string of the molecule is Cc1ccc(C(C)(O)Cc2ccc(I)cc2)cc1C. The second-order valence-corrected chi connectivity index (χ2v) is 6.62. The van der Waals surface area contributed by atoms with Gasteiger partial charge in [0.2, 0.25) is 0 Å². The molecule has 0 amide bonds. The Morgan fingerprint density at radius 3 is 2.21 bits per heavy atom. The Labute approximate surface area is 128 Å². The predicted molar refractivity (Wildman–Crippen MR) is 88.3 cm³/mol. The maximum Gasteiger partial charge on any atom is 0.0908 e. The molecule has 1 nitrogen and oxygen atoms in total. The average molecular weight is 366 g/mol. The van der Waals surface area contributed by atoms with E-state index in [1.807, 2.05) is 13.0 Å². The number of rotatable bonds is 3. The van der Waals surface area contributed by atoms with Crippen molar-refractivity contribution in [2.45, 2.75) is 32.8 Å². The highest BCUT2D eigenvalue weighted by molar-refractivity contribution is 14.1. The van der Waals surface area contributed by atoms with Gasteiger partial charge in [0.1, 0.15) is 0 Å². The largest absolute Gasteiger partial charge is 0.385 e. The molecule has 1 unspecified atom stereocenters. The highest BCUT2D eigenvalue weighted by atomic mass is 127. The van der Waals surface area contributed by atoms with E-state index >= 15 is 0 Å². The summed E-state index contributed by atoms with van der Waals surface area (Å²) in [5, 5.41) is 10.7. The zero-order valence-electron chi connectivity index (χ0n) is 11.6. The maximum atomic E-state index is 10.7. The zero-order valence-corrected chi connectivity index (χ0v) is 13.7. The van der Waals surface area contributed by atoms with Crippen LogP contribution in [0.2, 0.25) is 0 Å². The van der Waals surface area contributed by atoms with Gasteiger partial charge in [-0.2, -0.15) is 0 Å². The maximum absolute atomic E-state index is 10.7. The predicted octanol–water partition coefficient (Wildman–Crippen LogP) is 4.36. The molecule has 2 rings (SSSR count). The molecule has 0 saturated heterocycles. The van der Waals surface area contributed by atoms with Gasteiger partial charge in [-0.15, -0.1) is 0 Å². The molecule has 2 aromatic rings. The van der Waals surface area contributed by atoms with E-state index in [-0.39, 0.29) is 0 Å². The van der Waals surface area contributed by atoms with Crippen molar-refractivity contribution < 1.29 is 5.11 Å². The summed E-state index contributed by atoms with van der Waals surface area (Å²) in [5.41, 5.74) is 3.79. The van der Waals surface area contributed by atoms with Crippen LogP contribution in [0, 0.1) is 17.4 Å². The zero-order chi connectivity index (χ0) is 14.0. The molecule has 0 spiro atoms. The Balaban J connectivity index is 2.26. The molecule has 2 heteroatoms. The molecule has 0 heterocycles. The summed E-state index contributed by atoms with van der Waals surface area (Å²) < 4.78 is 1.21. The van der Waals surface area contributed by atoms with Crippen LogP contribution >= 0.6 is 22.6 Å². The number of hydrogen-bond acceptors (Lipinski definition) is 1. The van der Waals surface area contributed by atoms with Crippen molar-refractivity contribution in [3.05, 3.63) is 68.3 Å². The summed E-state index contributed by atoms with van der Waals surface area (Å²) in [6.45, 7) is 6.06. The molecule has 0 fully saturated rings. The van der Waals surface area contributed by atoms with Crippen LogP contribution in [-0.2, 0) is 12.0 Å². The van der Waals surface area contributed by atoms with E-state index in [1.54, 1.807) is 0 Å². The minimum absolute atomic E-state index is 0.631. The van der Waals surface area contributed by atoms with E-state index in [9.17, 15) is 5.11 Å². The van der Waals surface area contributed by atoms with Crippen molar-refractivity contribution in [1.82, 2.24) is 0 Å². The number of aryl methyl sites for hydroxylation is 2. The lowest BCUT2D eigenvalue weighted by atomic mass is 9.87. The van der Waals surface area contributed by atoms with Gasteiger partial charge in [0.25, 0.3) is 0 Å². The highest BCUT2D eigenvalue weighted by Crippen LogP contribution is 2.27. The fourth-order valence-corrected chi connectivity index (χ4v) is 2.54. The molecule has 0 aliphatic heterocycles. The van der Waals surface area contributed by atoms with E-state index in [0.717, 1.165) is 11.1 Å². The summed E-state index contributed by atoms with van der Waals surface area (Å²) in [6.07, 6.45) is 0.631. The number of benzene rings is 2. The molecule has 0 bridgehead atoms. The molecule has 100 valence electrons. The van der Waals surface area contributed by atoms with E-state index in [4.69, 9.17) is 0 Å². The Morgan fingerprint density at radius 1 is 1.00 bits per heavy atom. The molecule has 2 aromatic carbocycles. The lowest BCUT2D eigenvalue weighted by Gasteiger charge is -2.25. The molecule has 0 saturated carbocycles. The van der Waals surface area contributed by atoms with Crippen molar-refractivity contribution in [3.63, 3.8) is 0 Å². The first-order valence-corrected chi connectivity index (χ1v) is 7.51. The second kappa shape index (κ2) is 5.63. The first kappa shape index (κ1) is 14.5. The Hall–Kier alpha value is -0.870. The van der Waals surface area contributed by atoms with Crippen molar-refractivity contribution >= 4 is 22.6 Å². The molecule has 19 heavy (non-hydrogen) atoms. The van der Waals surface area contributed by atoms with Crippen LogP contribution < -0.4 is 0 Å². The molecule has 0 aliphatic carbocycles. The van der Waals surface area contributed by atoms with E-state index in [2.05, 4.69) is 72.8 Å². The van der Waals surface area contributed by atoms with Gasteiger partial charge in [-0.3, -0.25) is 0 Å². The van der Waals surface area contributed by atoms with Crippen molar-refractivity contribution in [3.8, 4) is 0 Å². The van der Waals surface area contributed by atoms with Crippen LogP contribution in [0.3, 0.4) is 0 Å². The van der Waals surface area contributed by atoms with Gasteiger partial charge in [0.05, 0.1) is 5.60 Å². The van der Waals surface area contributed by atoms with E-state index in [0.29, 0.717) is 6.42 Å². The van der Waals surface area contributed by atoms with Crippen molar-refractivity contribution in [2.24, 2.45) is 0 Å². The van der Waals surface area contributed by atoms with E-state index < -0.39 is 5.60 Å². The van der Waals surface area contributed by atoms with Crippen molar-refractivity contribution in [2.75, 3.05) is 0 Å². The van der Waals surface area contributed by atoms with Gasteiger partial charge >= 0.3 is 0 Å². The molecule has 1 atom stereocenters. The standard InChI is InChI=1S/C17H19IO/c1-12-4-7-15(10-13(12)2)17(3,19)11-14-5-8-16(18)9-6-14/h4-10,19H,11H2,1-3H3. The van der Waals surface area contributed by atoms with E-state index in [1.165, 1.54) is 14.7 Å². The van der Waals surface area contributed by atoms with Gasteiger partial charge in [0, 0.05) is 9.99 Å². The molecule has 1 N–H and O–H groups in total. The minimum Gasteiger partial charge on any atom is -0.385 e. The third-order valence-electron chi connectivity index (χ3n) is 3.59. The normalized spacial score (nSPS) is 14.2. The summed E-state index contributed by atoms with van der Waals surface area (Å²) >= 11 is 2.29. The third-order valence-corrected chi connectivity index (χ3v) is 4.31. The van der Waals surface area contributed by atoms with Gasteiger partial charge in [-0.1, -0.05) is 30.3 Å². The van der Waals surface area contributed by atoms with Crippen LogP contribution in [0.25, 0.3) is 0 Å². The van der Waals surface area contributed by atoms with Crippen LogP contribution in [0.5, 0.6) is 0 Å². The van der Waals surface area contributed by atoms with Crippen LogP contribution in [-0.4, -0.2) is 5.11 Å². The smallest absolute Gasteiger partial charge is 0.0908 e. The minimum atomic E-state index is -0.828. The Morgan fingerprint density at radius 2 is 1.63 bits per heavy atom. The number of halogens is 1. The Kier molecular flexibility index (Phi) is 4.31. The van der Waals surface area contributed by atoms with Crippen LogP contribution in [0.4, 0.5) is 0 Å². The fraction of sp³-hybridized carbons (Fsp3) is 0.294. The van der Waals surface area contributed by atoms with Crippen molar-refractivity contribution in [1.29, 1.82) is 0 Å². The molecular formula is C17H19IO. The number of hydrogen-bond donors (Lipinski definition) is 1.